The summed E-state index contributed by atoms with van der Waals surface area (Å²) in [5.74, 6) is 1.75. The Balaban J connectivity index is 1.62. The molecule has 0 bridgehead atoms. The molecule has 5 heteroatoms. The Morgan fingerprint density at radius 1 is 1.33 bits per heavy atom. The number of rotatable bonds is 3. The fourth-order valence-corrected chi connectivity index (χ4v) is 3.12. The van der Waals surface area contributed by atoms with E-state index in [9.17, 15) is 4.79 Å². The number of carbonyl (C=O) groups excluding carboxylic acids is 1. The molecule has 2 aliphatic heterocycles. The second-order valence-electron chi connectivity index (χ2n) is 6.24. The molecule has 4 rings (SSSR count). The van der Waals surface area contributed by atoms with Gasteiger partial charge in [-0.1, -0.05) is 0 Å². The zero-order valence-corrected chi connectivity index (χ0v) is 12.1. The van der Waals surface area contributed by atoms with Crippen molar-refractivity contribution in [3.8, 4) is 5.75 Å². The lowest BCUT2D eigenvalue weighted by molar-refractivity contribution is -0.116. The molecule has 3 aliphatic rings. The molecule has 1 saturated carbocycles. The average Bonchev–Trinajstić information content (AvgIpc) is 3.31. The second-order valence-corrected chi connectivity index (χ2v) is 6.24. The summed E-state index contributed by atoms with van der Waals surface area (Å²) >= 11 is 0. The highest BCUT2D eigenvalue weighted by molar-refractivity contribution is 5.97. The van der Waals surface area contributed by atoms with E-state index >= 15 is 0 Å². The lowest BCUT2D eigenvalue weighted by Crippen LogP contribution is -2.51. The van der Waals surface area contributed by atoms with E-state index in [-0.39, 0.29) is 11.9 Å². The van der Waals surface area contributed by atoms with Crippen LogP contribution in [0.4, 0.5) is 11.4 Å². The summed E-state index contributed by atoms with van der Waals surface area (Å²) < 4.78 is 5.89. The molecule has 21 heavy (non-hydrogen) atoms. The summed E-state index contributed by atoms with van der Waals surface area (Å²) in [5.41, 5.74) is 2.00. The lowest BCUT2D eigenvalue weighted by atomic mass is 10.1. The first-order chi connectivity index (χ1) is 10.3. The van der Waals surface area contributed by atoms with Crippen molar-refractivity contribution in [2.24, 2.45) is 5.92 Å². The van der Waals surface area contributed by atoms with Gasteiger partial charge in [0.2, 0.25) is 5.91 Å². The Labute approximate surface area is 124 Å². The smallest absolute Gasteiger partial charge is 0.226 e. The topological polar surface area (TPSA) is 53.6 Å². The summed E-state index contributed by atoms with van der Waals surface area (Å²) in [5, 5.41) is 6.39. The number of nitrogens with one attached hydrogen (secondary N) is 2. The van der Waals surface area contributed by atoms with E-state index < -0.39 is 0 Å². The van der Waals surface area contributed by atoms with Crippen molar-refractivity contribution < 1.29 is 9.53 Å². The third-order valence-electron chi connectivity index (χ3n) is 4.51. The molecular formula is C16H21N3O2. The normalized spacial score (nSPS) is 24.7. The van der Waals surface area contributed by atoms with Gasteiger partial charge in [0.15, 0.2) is 0 Å². The fourth-order valence-electron chi connectivity index (χ4n) is 3.12. The molecule has 0 spiro atoms. The van der Waals surface area contributed by atoms with Gasteiger partial charge in [0.05, 0.1) is 24.0 Å². The number of fused-ring (bicyclic) bond motifs is 3. The third kappa shape index (κ3) is 2.70. The molecule has 1 aromatic carbocycles. The van der Waals surface area contributed by atoms with Gasteiger partial charge < -0.3 is 20.3 Å². The van der Waals surface area contributed by atoms with Crippen molar-refractivity contribution in [3.63, 3.8) is 0 Å². The van der Waals surface area contributed by atoms with E-state index in [0.29, 0.717) is 6.42 Å². The SMILES string of the molecule is O=C1CC2CNCCN2c2cc(OCC3CC3)ccc2N1. The van der Waals surface area contributed by atoms with Crippen LogP contribution in [0.25, 0.3) is 0 Å². The average molecular weight is 287 g/mol. The molecule has 0 radical (unpaired) electrons. The third-order valence-corrected chi connectivity index (χ3v) is 4.51. The predicted molar refractivity (Wildman–Crippen MR) is 81.9 cm³/mol. The number of amides is 1. The maximum absolute atomic E-state index is 12.0. The van der Waals surface area contributed by atoms with Crippen molar-refractivity contribution >= 4 is 17.3 Å². The standard InChI is InChI=1S/C16H21N3O2/c20-16-7-12-9-17-5-6-19(12)15-8-13(3-4-14(15)18-16)21-10-11-1-2-11/h3-4,8,11-12,17H,1-2,5-7,9-10H2,(H,18,20). The number of benzene rings is 1. The molecular weight excluding hydrogens is 266 g/mol. The van der Waals surface area contributed by atoms with Gasteiger partial charge in [-0.05, 0) is 30.9 Å². The maximum Gasteiger partial charge on any atom is 0.226 e. The Bertz CT molecular complexity index is 556. The molecule has 1 saturated heterocycles. The van der Waals surface area contributed by atoms with Crippen molar-refractivity contribution in [3.05, 3.63) is 18.2 Å². The van der Waals surface area contributed by atoms with Crippen molar-refractivity contribution in [1.29, 1.82) is 0 Å². The van der Waals surface area contributed by atoms with E-state index in [1.165, 1.54) is 12.8 Å². The molecule has 5 nitrogen and oxygen atoms in total. The number of ether oxygens (including phenoxy) is 1. The largest absolute Gasteiger partial charge is 0.493 e. The van der Waals surface area contributed by atoms with Crippen LogP contribution in [-0.2, 0) is 4.79 Å². The van der Waals surface area contributed by atoms with E-state index in [4.69, 9.17) is 4.74 Å². The quantitative estimate of drug-likeness (QED) is 0.886. The minimum Gasteiger partial charge on any atom is -0.493 e. The van der Waals surface area contributed by atoms with Crippen LogP contribution in [0, 0.1) is 5.92 Å². The zero-order chi connectivity index (χ0) is 14.2. The van der Waals surface area contributed by atoms with E-state index in [1.807, 2.05) is 12.1 Å². The van der Waals surface area contributed by atoms with Crippen molar-refractivity contribution in [1.82, 2.24) is 5.32 Å². The Morgan fingerprint density at radius 3 is 3.10 bits per heavy atom. The summed E-state index contributed by atoms with van der Waals surface area (Å²) in [6, 6.07) is 6.25. The molecule has 2 heterocycles. The Hall–Kier alpha value is -1.75. The van der Waals surface area contributed by atoms with Gasteiger partial charge in [0.1, 0.15) is 5.75 Å². The summed E-state index contributed by atoms with van der Waals surface area (Å²) in [4.78, 5) is 14.4. The highest BCUT2D eigenvalue weighted by atomic mass is 16.5. The van der Waals surface area contributed by atoms with Gasteiger partial charge >= 0.3 is 0 Å². The Morgan fingerprint density at radius 2 is 2.24 bits per heavy atom. The zero-order valence-electron chi connectivity index (χ0n) is 12.1. The molecule has 1 aromatic rings. The van der Waals surface area contributed by atoms with Gasteiger partial charge in [-0.25, -0.2) is 0 Å². The highest BCUT2D eigenvalue weighted by Gasteiger charge is 2.30. The van der Waals surface area contributed by atoms with Crippen LogP contribution in [0.2, 0.25) is 0 Å². The summed E-state index contributed by atoms with van der Waals surface area (Å²) in [7, 11) is 0. The molecule has 1 amide bonds. The van der Waals surface area contributed by atoms with Crippen LogP contribution in [0.3, 0.4) is 0 Å². The number of hydrogen-bond donors (Lipinski definition) is 2. The lowest BCUT2D eigenvalue weighted by Gasteiger charge is -2.36. The minimum atomic E-state index is 0.0964. The molecule has 1 aliphatic carbocycles. The monoisotopic (exact) mass is 287 g/mol. The first kappa shape index (κ1) is 13.0. The van der Waals surface area contributed by atoms with Crippen LogP contribution in [0.15, 0.2) is 18.2 Å². The predicted octanol–water partition coefficient (Wildman–Crippen LogP) is 1.60. The van der Waals surface area contributed by atoms with E-state index in [0.717, 1.165) is 49.3 Å². The molecule has 1 unspecified atom stereocenters. The van der Waals surface area contributed by atoms with Crippen LogP contribution in [0.5, 0.6) is 5.75 Å². The summed E-state index contributed by atoms with van der Waals surface area (Å²) in [6.07, 6.45) is 3.13. The van der Waals surface area contributed by atoms with Gasteiger partial charge in [-0.3, -0.25) is 4.79 Å². The minimum absolute atomic E-state index is 0.0964. The van der Waals surface area contributed by atoms with Crippen LogP contribution in [-0.4, -0.2) is 38.2 Å². The van der Waals surface area contributed by atoms with Gasteiger partial charge in [0, 0.05) is 32.1 Å². The molecule has 112 valence electrons. The second kappa shape index (κ2) is 5.22. The van der Waals surface area contributed by atoms with E-state index in [2.05, 4.69) is 21.6 Å². The highest BCUT2D eigenvalue weighted by Crippen LogP contribution is 2.36. The molecule has 2 fully saturated rings. The van der Waals surface area contributed by atoms with Crippen LogP contribution < -0.4 is 20.3 Å². The summed E-state index contributed by atoms with van der Waals surface area (Å²) in [6.45, 7) is 3.56. The van der Waals surface area contributed by atoms with Gasteiger partial charge in [-0.15, -0.1) is 0 Å². The van der Waals surface area contributed by atoms with E-state index in [1.54, 1.807) is 0 Å². The molecule has 1 atom stereocenters. The number of carbonyl (C=O) groups is 1. The first-order valence-corrected chi connectivity index (χ1v) is 7.83. The number of anilines is 2. The van der Waals surface area contributed by atoms with Crippen molar-refractivity contribution in [2.45, 2.75) is 25.3 Å². The Kier molecular flexibility index (Phi) is 3.22. The molecule has 0 aromatic heterocycles. The number of nitrogens with zero attached hydrogens (tertiary/aromatic N) is 1. The van der Waals surface area contributed by atoms with Crippen molar-refractivity contribution in [2.75, 3.05) is 36.5 Å². The number of piperazine rings is 1. The van der Waals surface area contributed by atoms with Crippen LogP contribution in [0.1, 0.15) is 19.3 Å². The van der Waals surface area contributed by atoms with Crippen LogP contribution >= 0.6 is 0 Å². The molecule has 2 N–H and O–H groups in total. The number of hydrogen-bond acceptors (Lipinski definition) is 4. The van der Waals surface area contributed by atoms with Gasteiger partial charge in [-0.2, -0.15) is 0 Å². The van der Waals surface area contributed by atoms with Gasteiger partial charge in [0.25, 0.3) is 0 Å². The maximum atomic E-state index is 12.0. The fraction of sp³-hybridized carbons (Fsp3) is 0.562. The first-order valence-electron chi connectivity index (χ1n) is 7.83.